The quantitative estimate of drug-likeness (QED) is 0.538. The highest BCUT2D eigenvalue weighted by Gasteiger charge is 2.14. The van der Waals surface area contributed by atoms with E-state index in [1.807, 2.05) is 30.3 Å². The molecule has 0 aliphatic rings. The lowest BCUT2D eigenvalue weighted by Gasteiger charge is -2.10. The predicted molar refractivity (Wildman–Crippen MR) is 102 cm³/mol. The highest BCUT2D eigenvalue weighted by atomic mass is 35.5. The minimum atomic E-state index is -0.224. The number of benzene rings is 2. The average molecular weight is 366 g/mol. The molecule has 0 saturated heterocycles. The second-order valence-electron chi connectivity index (χ2n) is 5.37. The molecule has 1 amide bonds. The van der Waals surface area contributed by atoms with Crippen LogP contribution in [0.3, 0.4) is 0 Å². The smallest absolute Gasteiger partial charge is 0.257 e. The van der Waals surface area contributed by atoms with E-state index in [0.717, 1.165) is 20.8 Å². The van der Waals surface area contributed by atoms with Crippen molar-refractivity contribution in [2.24, 2.45) is 0 Å². The summed E-state index contributed by atoms with van der Waals surface area (Å²) < 4.78 is 1.09. The van der Waals surface area contributed by atoms with E-state index in [9.17, 15) is 4.79 Å². The number of fused-ring (bicyclic) bond motifs is 1. The van der Waals surface area contributed by atoms with Gasteiger partial charge in [-0.15, -0.1) is 11.3 Å². The molecule has 0 radical (unpaired) electrons. The Labute approximate surface area is 153 Å². The molecule has 2 aromatic heterocycles. The molecule has 2 aromatic carbocycles. The molecule has 1 N–H and O–H groups in total. The first-order chi connectivity index (χ1) is 12.2. The van der Waals surface area contributed by atoms with Crippen LogP contribution >= 0.6 is 22.9 Å². The van der Waals surface area contributed by atoms with E-state index in [0.29, 0.717) is 16.3 Å². The number of pyridine rings is 1. The predicted octanol–water partition coefficient (Wildman–Crippen LogP) is 5.26. The van der Waals surface area contributed by atoms with E-state index in [1.54, 1.807) is 41.8 Å². The molecular formula is C19H12ClN3OS. The van der Waals surface area contributed by atoms with Crippen molar-refractivity contribution in [2.45, 2.75) is 0 Å². The Bertz CT molecular complexity index is 1030. The number of para-hydroxylation sites is 1. The van der Waals surface area contributed by atoms with Gasteiger partial charge in [-0.05, 0) is 42.5 Å². The van der Waals surface area contributed by atoms with Crippen LogP contribution in [0.15, 0.2) is 67.0 Å². The van der Waals surface area contributed by atoms with Crippen LogP contribution in [0.2, 0.25) is 5.02 Å². The summed E-state index contributed by atoms with van der Waals surface area (Å²) in [5.41, 5.74) is 2.88. The van der Waals surface area contributed by atoms with Crippen molar-refractivity contribution in [1.82, 2.24) is 9.97 Å². The summed E-state index contributed by atoms with van der Waals surface area (Å²) in [7, 11) is 0. The van der Waals surface area contributed by atoms with Gasteiger partial charge in [0.25, 0.3) is 5.91 Å². The monoisotopic (exact) mass is 365 g/mol. The van der Waals surface area contributed by atoms with Gasteiger partial charge in [-0.3, -0.25) is 9.78 Å². The Morgan fingerprint density at radius 3 is 2.76 bits per heavy atom. The van der Waals surface area contributed by atoms with E-state index >= 15 is 0 Å². The maximum absolute atomic E-state index is 12.5. The lowest BCUT2D eigenvalue weighted by atomic mass is 10.1. The molecule has 6 heteroatoms. The molecule has 2 heterocycles. The van der Waals surface area contributed by atoms with Crippen molar-refractivity contribution in [2.75, 3.05) is 5.32 Å². The highest BCUT2D eigenvalue weighted by Crippen LogP contribution is 2.36. The summed E-state index contributed by atoms with van der Waals surface area (Å²) in [6, 6.07) is 16.7. The summed E-state index contributed by atoms with van der Waals surface area (Å²) in [6.07, 6.45) is 3.16. The van der Waals surface area contributed by atoms with E-state index in [-0.39, 0.29) is 5.91 Å². The van der Waals surface area contributed by atoms with Gasteiger partial charge in [0.05, 0.1) is 21.5 Å². The number of carbonyl (C=O) groups is 1. The number of carbonyl (C=O) groups excluding carboxylic acids is 1. The van der Waals surface area contributed by atoms with Crippen LogP contribution in [0.5, 0.6) is 0 Å². The first-order valence-corrected chi connectivity index (χ1v) is 8.77. The molecule has 0 aliphatic carbocycles. The van der Waals surface area contributed by atoms with Crippen LogP contribution in [0.4, 0.5) is 5.69 Å². The fourth-order valence-corrected chi connectivity index (χ4v) is 3.65. The van der Waals surface area contributed by atoms with Gasteiger partial charge in [-0.2, -0.15) is 0 Å². The zero-order valence-electron chi connectivity index (χ0n) is 12.9. The van der Waals surface area contributed by atoms with E-state index in [4.69, 9.17) is 11.6 Å². The number of anilines is 1. The van der Waals surface area contributed by atoms with Crippen LogP contribution in [-0.4, -0.2) is 15.9 Å². The molecular weight excluding hydrogens is 354 g/mol. The maximum atomic E-state index is 12.5. The summed E-state index contributed by atoms with van der Waals surface area (Å²) in [5, 5.41) is 4.33. The van der Waals surface area contributed by atoms with Crippen LogP contribution in [0.25, 0.3) is 20.8 Å². The number of thiazole rings is 1. The molecule has 4 nitrogen and oxygen atoms in total. The topological polar surface area (TPSA) is 54.9 Å². The number of nitrogens with one attached hydrogen (secondary N) is 1. The van der Waals surface area contributed by atoms with E-state index in [2.05, 4.69) is 15.3 Å². The highest BCUT2D eigenvalue weighted by molar-refractivity contribution is 7.21. The molecule has 0 spiro atoms. The van der Waals surface area contributed by atoms with Crippen molar-refractivity contribution in [3.8, 4) is 10.6 Å². The third kappa shape index (κ3) is 3.24. The molecule has 4 aromatic rings. The Hall–Kier alpha value is -2.76. The molecule has 25 heavy (non-hydrogen) atoms. The number of hydrogen-bond donors (Lipinski definition) is 1. The normalized spacial score (nSPS) is 10.8. The Morgan fingerprint density at radius 2 is 1.96 bits per heavy atom. The van der Waals surface area contributed by atoms with Gasteiger partial charge >= 0.3 is 0 Å². The van der Waals surface area contributed by atoms with Gasteiger partial charge in [-0.1, -0.05) is 23.7 Å². The van der Waals surface area contributed by atoms with Gasteiger partial charge in [0.2, 0.25) is 0 Å². The van der Waals surface area contributed by atoms with Gasteiger partial charge < -0.3 is 5.32 Å². The van der Waals surface area contributed by atoms with Crippen LogP contribution in [-0.2, 0) is 0 Å². The third-order valence-corrected chi connectivity index (χ3v) is 4.98. The van der Waals surface area contributed by atoms with Crippen molar-refractivity contribution >= 4 is 44.7 Å². The standard InChI is InChI=1S/C19H12ClN3OS/c20-13-7-8-15(22-18(24)12-4-3-9-21-11-12)14(10-13)19-23-16-5-1-2-6-17(16)25-19/h1-11H,(H,22,24). The largest absolute Gasteiger partial charge is 0.321 e. The van der Waals surface area contributed by atoms with Crippen LogP contribution in [0.1, 0.15) is 10.4 Å². The molecule has 4 rings (SSSR count). The fourth-order valence-electron chi connectivity index (χ4n) is 2.48. The second-order valence-corrected chi connectivity index (χ2v) is 6.84. The van der Waals surface area contributed by atoms with Gasteiger partial charge in [-0.25, -0.2) is 4.98 Å². The van der Waals surface area contributed by atoms with Crippen molar-refractivity contribution in [3.05, 3.63) is 77.6 Å². The average Bonchev–Trinajstić information content (AvgIpc) is 3.08. The SMILES string of the molecule is O=C(Nc1ccc(Cl)cc1-c1nc2ccccc2s1)c1cccnc1. The van der Waals surface area contributed by atoms with Gasteiger partial charge in [0, 0.05) is 23.0 Å². The minimum Gasteiger partial charge on any atom is -0.321 e. The first kappa shape index (κ1) is 15.7. The summed E-state index contributed by atoms with van der Waals surface area (Å²) in [6.45, 7) is 0. The lowest BCUT2D eigenvalue weighted by molar-refractivity contribution is 0.102. The van der Waals surface area contributed by atoms with Gasteiger partial charge in [0.15, 0.2) is 0 Å². The lowest BCUT2D eigenvalue weighted by Crippen LogP contribution is -2.12. The molecule has 0 bridgehead atoms. The van der Waals surface area contributed by atoms with Crippen LogP contribution < -0.4 is 5.32 Å². The van der Waals surface area contributed by atoms with Crippen molar-refractivity contribution in [1.29, 1.82) is 0 Å². The van der Waals surface area contributed by atoms with Crippen molar-refractivity contribution in [3.63, 3.8) is 0 Å². The molecule has 122 valence electrons. The number of halogens is 1. The number of rotatable bonds is 3. The number of aromatic nitrogens is 2. The number of amides is 1. The van der Waals surface area contributed by atoms with Crippen molar-refractivity contribution < 1.29 is 4.79 Å². The van der Waals surface area contributed by atoms with E-state index in [1.165, 1.54) is 6.20 Å². The molecule has 0 fully saturated rings. The Balaban J connectivity index is 1.75. The van der Waals surface area contributed by atoms with Crippen LogP contribution in [0, 0.1) is 0 Å². The van der Waals surface area contributed by atoms with Gasteiger partial charge in [0.1, 0.15) is 5.01 Å². The maximum Gasteiger partial charge on any atom is 0.257 e. The minimum absolute atomic E-state index is 0.224. The summed E-state index contributed by atoms with van der Waals surface area (Å²) >= 11 is 7.74. The molecule has 0 unspecified atom stereocenters. The second kappa shape index (κ2) is 6.63. The summed E-state index contributed by atoms with van der Waals surface area (Å²) in [4.78, 5) is 21.1. The first-order valence-electron chi connectivity index (χ1n) is 7.57. The third-order valence-electron chi connectivity index (χ3n) is 3.68. The zero-order valence-corrected chi connectivity index (χ0v) is 14.5. The molecule has 0 saturated carbocycles. The Kier molecular flexibility index (Phi) is 4.17. The summed E-state index contributed by atoms with van der Waals surface area (Å²) in [5.74, 6) is -0.224. The fraction of sp³-hybridized carbons (Fsp3) is 0. The zero-order chi connectivity index (χ0) is 17.2. The Morgan fingerprint density at radius 1 is 1.08 bits per heavy atom. The number of hydrogen-bond acceptors (Lipinski definition) is 4. The number of nitrogens with zero attached hydrogens (tertiary/aromatic N) is 2. The van der Waals surface area contributed by atoms with E-state index < -0.39 is 0 Å². The molecule has 0 aliphatic heterocycles. The molecule has 0 atom stereocenters.